The van der Waals surface area contributed by atoms with Gasteiger partial charge >= 0.3 is 0 Å². The molecule has 1 amide bonds. The van der Waals surface area contributed by atoms with Gasteiger partial charge < -0.3 is 5.32 Å². The molecule has 0 spiro atoms. The first-order valence-electron chi connectivity index (χ1n) is 8.56. The Morgan fingerprint density at radius 1 is 0.846 bits per heavy atom. The zero-order chi connectivity index (χ0) is 18.4. The van der Waals surface area contributed by atoms with Crippen molar-refractivity contribution in [3.05, 3.63) is 102 Å². The second-order valence-electron chi connectivity index (χ2n) is 6.15. The van der Waals surface area contributed by atoms with E-state index in [1.165, 1.54) is 0 Å². The molecule has 0 aliphatic rings. The molecule has 0 saturated heterocycles. The van der Waals surface area contributed by atoms with E-state index >= 15 is 0 Å². The number of hydrogen-bond acceptors (Lipinski definition) is 2. The van der Waals surface area contributed by atoms with Crippen LogP contribution in [0.4, 0.5) is 0 Å². The van der Waals surface area contributed by atoms with Gasteiger partial charge in [-0.1, -0.05) is 60.7 Å². The number of pyridine rings is 1. The fraction of sp³-hybridized carbons (Fsp3) is 0.136. The molecule has 1 aromatic heterocycles. The highest BCUT2D eigenvalue weighted by Crippen LogP contribution is 2.11. The molecule has 1 N–H and O–H groups in total. The molecule has 1 unspecified atom stereocenters. The Morgan fingerprint density at radius 3 is 2.00 bits per heavy atom. The van der Waals surface area contributed by atoms with Crippen LogP contribution in [-0.4, -0.2) is 11.7 Å². The standard InChI is InChI=1S/C22H20N2O2/c1-17(18-8-4-2-5-9-18)23-21(25)16-24-14-12-20(13-15-24)22(26)19-10-6-3-7-11-19/h2-15,17H,16H2,1H3/p+1. The van der Waals surface area contributed by atoms with Crippen LogP contribution in [0.25, 0.3) is 0 Å². The number of nitrogens with zero attached hydrogens (tertiary/aromatic N) is 1. The molecule has 0 aliphatic carbocycles. The van der Waals surface area contributed by atoms with Crippen molar-refractivity contribution < 1.29 is 14.2 Å². The SMILES string of the molecule is CC(NC(=O)C[n+]1ccc(C(=O)c2ccccc2)cc1)c1ccccc1. The Bertz CT molecular complexity index is 875. The van der Waals surface area contributed by atoms with E-state index in [9.17, 15) is 9.59 Å². The highest BCUT2D eigenvalue weighted by atomic mass is 16.2. The van der Waals surface area contributed by atoms with E-state index in [0.717, 1.165) is 5.56 Å². The summed E-state index contributed by atoms with van der Waals surface area (Å²) in [5.41, 5.74) is 2.32. The van der Waals surface area contributed by atoms with Gasteiger partial charge in [0.25, 0.3) is 5.91 Å². The maximum atomic E-state index is 12.4. The maximum absolute atomic E-state index is 12.4. The molecular formula is C22H21N2O2+. The topological polar surface area (TPSA) is 50.1 Å². The summed E-state index contributed by atoms with van der Waals surface area (Å²) in [5.74, 6) is -0.103. The lowest BCUT2D eigenvalue weighted by Crippen LogP contribution is -2.43. The number of nitrogens with one attached hydrogen (secondary N) is 1. The van der Waals surface area contributed by atoms with Crippen molar-refractivity contribution in [3.63, 3.8) is 0 Å². The van der Waals surface area contributed by atoms with Crippen LogP contribution in [0.15, 0.2) is 85.2 Å². The summed E-state index contributed by atoms with van der Waals surface area (Å²) in [5, 5.41) is 2.98. The number of ketones is 1. The molecule has 3 rings (SSSR count). The fourth-order valence-corrected chi connectivity index (χ4v) is 2.75. The Morgan fingerprint density at radius 2 is 1.38 bits per heavy atom. The molecule has 0 bridgehead atoms. The van der Waals surface area contributed by atoms with Crippen molar-refractivity contribution in [1.29, 1.82) is 0 Å². The summed E-state index contributed by atoms with van der Waals surface area (Å²) in [6, 6.07) is 22.4. The Hall–Kier alpha value is -3.27. The lowest BCUT2D eigenvalue weighted by molar-refractivity contribution is -0.684. The van der Waals surface area contributed by atoms with E-state index in [0.29, 0.717) is 11.1 Å². The molecule has 1 heterocycles. The van der Waals surface area contributed by atoms with Gasteiger partial charge in [-0.05, 0) is 12.5 Å². The molecule has 0 radical (unpaired) electrons. The normalized spacial score (nSPS) is 11.6. The van der Waals surface area contributed by atoms with Gasteiger partial charge in [0.15, 0.2) is 18.2 Å². The number of aromatic nitrogens is 1. The van der Waals surface area contributed by atoms with Crippen LogP contribution in [0.5, 0.6) is 0 Å². The molecule has 130 valence electrons. The average Bonchev–Trinajstić information content (AvgIpc) is 2.69. The predicted molar refractivity (Wildman–Crippen MR) is 99.5 cm³/mol. The molecule has 0 saturated carbocycles. The third-order valence-electron chi connectivity index (χ3n) is 4.19. The maximum Gasteiger partial charge on any atom is 0.286 e. The van der Waals surface area contributed by atoms with E-state index in [2.05, 4.69) is 5.32 Å². The van der Waals surface area contributed by atoms with Gasteiger partial charge in [0.2, 0.25) is 6.54 Å². The number of carbonyl (C=O) groups is 2. The van der Waals surface area contributed by atoms with Crippen LogP contribution in [0.2, 0.25) is 0 Å². The highest BCUT2D eigenvalue weighted by molar-refractivity contribution is 6.08. The van der Waals surface area contributed by atoms with E-state index in [1.807, 2.05) is 55.5 Å². The molecule has 4 heteroatoms. The first kappa shape index (κ1) is 17.5. The minimum absolute atomic E-state index is 0.0279. The van der Waals surface area contributed by atoms with Gasteiger partial charge in [0.05, 0.1) is 6.04 Å². The average molecular weight is 345 g/mol. The van der Waals surface area contributed by atoms with Crippen LogP contribution in [0, 0.1) is 0 Å². The summed E-state index contributed by atoms with van der Waals surface area (Å²) < 4.78 is 1.76. The molecular weight excluding hydrogens is 324 g/mol. The largest absolute Gasteiger partial charge is 0.344 e. The van der Waals surface area contributed by atoms with Gasteiger partial charge in [0.1, 0.15) is 0 Å². The van der Waals surface area contributed by atoms with Crippen LogP contribution < -0.4 is 9.88 Å². The zero-order valence-electron chi connectivity index (χ0n) is 14.6. The van der Waals surface area contributed by atoms with E-state index < -0.39 is 0 Å². The summed E-state index contributed by atoms with van der Waals surface area (Å²) in [6.45, 7) is 2.16. The third-order valence-corrected chi connectivity index (χ3v) is 4.19. The smallest absolute Gasteiger partial charge is 0.286 e. The number of carbonyl (C=O) groups excluding carboxylic acids is 2. The van der Waals surface area contributed by atoms with Gasteiger partial charge in [-0.2, -0.15) is 4.57 Å². The first-order valence-corrected chi connectivity index (χ1v) is 8.56. The lowest BCUT2D eigenvalue weighted by atomic mass is 10.0. The Labute approximate surface area is 153 Å². The molecule has 0 aliphatic heterocycles. The van der Waals surface area contributed by atoms with Crippen molar-refractivity contribution in [2.75, 3.05) is 0 Å². The van der Waals surface area contributed by atoms with E-state index in [-0.39, 0.29) is 24.3 Å². The zero-order valence-corrected chi connectivity index (χ0v) is 14.6. The Kier molecular flexibility index (Phi) is 5.54. The molecule has 1 atom stereocenters. The van der Waals surface area contributed by atoms with Crippen molar-refractivity contribution >= 4 is 11.7 Å². The predicted octanol–water partition coefficient (Wildman–Crippen LogP) is 3.08. The van der Waals surface area contributed by atoms with Crippen molar-refractivity contribution in [2.24, 2.45) is 0 Å². The number of amides is 1. The van der Waals surface area contributed by atoms with Crippen LogP contribution in [0.3, 0.4) is 0 Å². The number of rotatable bonds is 6. The van der Waals surface area contributed by atoms with Crippen LogP contribution in [-0.2, 0) is 11.3 Å². The van der Waals surface area contributed by atoms with Crippen LogP contribution >= 0.6 is 0 Å². The monoisotopic (exact) mass is 345 g/mol. The lowest BCUT2D eigenvalue weighted by Gasteiger charge is -2.12. The molecule has 26 heavy (non-hydrogen) atoms. The van der Waals surface area contributed by atoms with Crippen molar-refractivity contribution in [1.82, 2.24) is 5.32 Å². The molecule has 4 nitrogen and oxygen atoms in total. The minimum atomic E-state index is -0.0755. The second kappa shape index (κ2) is 8.21. The summed E-state index contributed by atoms with van der Waals surface area (Å²) in [4.78, 5) is 24.6. The number of hydrogen-bond donors (Lipinski definition) is 1. The molecule has 3 aromatic rings. The quantitative estimate of drug-likeness (QED) is 0.551. The fourth-order valence-electron chi connectivity index (χ4n) is 2.75. The van der Waals surface area contributed by atoms with Gasteiger partial charge in [-0.15, -0.1) is 0 Å². The summed E-state index contributed by atoms with van der Waals surface area (Å²) >= 11 is 0. The van der Waals surface area contributed by atoms with Crippen molar-refractivity contribution in [3.8, 4) is 0 Å². The van der Waals surface area contributed by atoms with Gasteiger partial charge in [-0.25, -0.2) is 0 Å². The Balaban J connectivity index is 1.60. The number of benzene rings is 2. The van der Waals surface area contributed by atoms with E-state index in [1.54, 1.807) is 41.2 Å². The summed E-state index contributed by atoms with van der Waals surface area (Å²) in [7, 11) is 0. The van der Waals surface area contributed by atoms with Crippen molar-refractivity contribution in [2.45, 2.75) is 19.5 Å². The molecule has 0 fully saturated rings. The first-order chi connectivity index (χ1) is 12.6. The van der Waals surface area contributed by atoms with E-state index in [4.69, 9.17) is 0 Å². The molecule has 2 aromatic carbocycles. The minimum Gasteiger partial charge on any atom is -0.344 e. The third kappa shape index (κ3) is 4.42. The second-order valence-corrected chi connectivity index (χ2v) is 6.15. The summed E-state index contributed by atoms with van der Waals surface area (Å²) in [6.07, 6.45) is 3.51. The highest BCUT2D eigenvalue weighted by Gasteiger charge is 2.15. The van der Waals surface area contributed by atoms with Crippen LogP contribution in [0.1, 0.15) is 34.5 Å². The van der Waals surface area contributed by atoms with Gasteiger partial charge in [-0.3, -0.25) is 9.59 Å². The van der Waals surface area contributed by atoms with Gasteiger partial charge in [0, 0.05) is 23.3 Å².